The van der Waals surface area contributed by atoms with Crippen molar-refractivity contribution < 1.29 is 0 Å². The summed E-state index contributed by atoms with van der Waals surface area (Å²) in [7, 11) is 0.719. The lowest BCUT2D eigenvalue weighted by molar-refractivity contribution is 0.520. The molecule has 2 aromatic rings. The average Bonchev–Trinajstić information content (AvgIpc) is 3.06. The van der Waals surface area contributed by atoms with Gasteiger partial charge in [0, 0.05) is 11.3 Å². The first kappa shape index (κ1) is 18.5. The highest BCUT2D eigenvalue weighted by Gasteiger charge is 2.42. The molecular formula is C26H29P. The number of allylic oxidation sites excluding steroid dienone is 5. The second kappa shape index (κ2) is 6.61. The SMILES string of the molecule is CC1=C(C)C(C)(C)C(C2C(Pc3ccccc3C)=Cc3ccccc32)=C1C. The smallest absolute Gasteiger partial charge is 0.0324 e. The van der Waals surface area contributed by atoms with Crippen LogP contribution in [-0.2, 0) is 0 Å². The maximum atomic E-state index is 2.46. The van der Waals surface area contributed by atoms with Gasteiger partial charge in [-0.05, 0) is 77.8 Å². The molecule has 0 bridgehead atoms. The highest BCUT2D eigenvalue weighted by atomic mass is 31.1. The van der Waals surface area contributed by atoms with Crippen molar-refractivity contribution in [2.45, 2.75) is 47.5 Å². The molecule has 2 aliphatic rings. The number of fused-ring (bicyclic) bond motifs is 1. The van der Waals surface area contributed by atoms with Crippen LogP contribution in [-0.4, -0.2) is 0 Å². The predicted molar refractivity (Wildman–Crippen MR) is 121 cm³/mol. The Kier molecular flexibility index (Phi) is 4.52. The van der Waals surface area contributed by atoms with Gasteiger partial charge in [0.15, 0.2) is 0 Å². The number of benzene rings is 2. The lowest BCUT2D eigenvalue weighted by atomic mass is 9.73. The minimum atomic E-state index is 0.117. The fraction of sp³-hybridized carbons (Fsp3) is 0.308. The van der Waals surface area contributed by atoms with Crippen LogP contribution in [0.3, 0.4) is 0 Å². The van der Waals surface area contributed by atoms with Gasteiger partial charge in [-0.25, -0.2) is 0 Å². The van der Waals surface area contributed by atoms with Crippen molar-refractivity contribution in [3.05, 3.63) is 92.8 Å². The van der Waals surface area contributed by atoms with Gasteiger partial charge in [0.1, 0.15) is 0 Å². The molecule has 138 valence electrons. The molecule has 0 fully saturated rings. The summed E-state index contributed by atoms with van der Waals surface area (Å²) in [6.07, 6.45) is 2.46. The van der Waals surface area contributed by atoms with E-state index in [9.17, 15) is 0 Å². The normalized spacial score (nSPS) is 21.4. The second-order valence-electron chi connectivity index (χ2n) is 8.52. The summed E-state index contributed by atoms with van der Waals surface area (Å²) in [4.78, 5) is 0. The van der Waals surface area contributed by atoms with Gasteiger partial charge >= 0.3 is 0 Å². The molecule has 0 spiro atoms. The molecule has 1 heteroatoms. The Morgan fingerprint density at radius 2 is 1.48 bits per heavy atom. The van der Waals surface area contributed by atoms with E-state index >= 15 is 0 Å². The summed E-state index contributed by atoms with van der Waals surface area (Å²) < 4.78 is 0. The van der Waals surface area contributed by atoms with Gasteiger partial charge < -0.3 is 0 Å². The van der Waals surface area contributed by atoms with Crippen LogP contribution < -0.4 is 5.30 Å². The van der Waals surface area contributed by atoms with Crippen LogP contribution >= 0.6 is 8.58 Å². The maximum Gasteiger partial charge on any atom is 0.0324 e. The van der Waals surface area contributed by atoms with Crippen LogP contribution in [0.4, 0.5) is 0 Å². The molecule has 27 heavy (non-hydrogen) atoms. The molecule has 0 aromatic heterocycles. The molecule has 4 rings (SSSR count). The molecule has 0 saturated heterocycles. The third-order valence-electron chi connectivity index (χ3n) is 6.78. The third kappa shape index (κ3) is 2.86. The van der Waals surface area contributed by atoms with E-state index in [1.165, 1.54) is 38.7 Å². The Labute approximate surface area is 165 Å². The number of hydrogen-bond acceptors (Lipinski definition) is 0. The van der Waals surface area contributed by atoms with E-state index in [0.717, 1.165) is 8.58 Å². The fourth-order valence-corrected chi connectivity index (χ4v) is 6.25. The Balaban J connectivity index is 1.85. The first-order valence-electron chi connectivity index (χ1n) is 9.85. The van der Waals surface area contributed by atoms with Crippen molar-refractivity contribution in [3.8, 4) is 0 Å². The summed E-state index contributed by atoms with van der Waals surface area (Å²) in [6, 6.07) is 17.8. The minimum Gasteiger partial charge on any atom is -0.0622 e. The standard InChI is InChI=1S/C26H29P/c1-16-11-7-10-14-22(16)27-23-15-20-12-8-9-13-21(20)24(23)25-18(3)17(2)19(4)26(25,5)6/h7-15,24,27H,1-6H3. The van der Waals surface area contributed by atoms with Crippen LogP contribution in [0.2, 0.25) is 0 Å². The molecule has 0 N–H and O–H groups in total. The van der Waals surface area contributed by atoms with Gasteiger partial charge in [-0.2, -0.15) is 0 Å². The lowest BCUT2D eigenvalue weighted by Crippen LogP contribution is -2.19. The third-order valence-corrected chi connectivity index (χ3v) is 8.33. The number of aryl methyl sites for hydroxylation is 1. The quantitative estimate of drug-likeness (QED) is 0.503. The molecular weight excluding hydrogens is 343 g/mol. The van der Waals surface area contributed by atoms with Crippen LogP contribution in [0.1, 0.15) is 57.2 Å². The first-order valence-corrected chi connectivity index (χ1v) is 10.8. The summed E-state index contributed by atoms with van der Waals surface area (Å²) in [5.41, 5.74) is 10.5. The highest BCUT2D eigenvalue weighted by Crippen LogP contribution is 2.58. The summed E-state index contributed by atoms with van der Waals surface area (Å²) >= 11 is 0. The van der Waals surface area contributed by atoms with Crippen molar-refractivity contribution in [2.75, 3.05) is 0 Å². The molecule has 2 atom stereocenters. The van der Waals surface area contributed by atoms with Crippen LogP contribution in [0.15, 0.2) is 76.1 Å². The van der Waals surface area contributed by atoms with Gasteiger partial charge in [-0.15, -0.1) is 0 Å². The van der Waals surface area contributed by atoms with Crippen molar-refractivity contribution in [2.24, 2.45) is 5.41 Å². The first-order chi connectivity index (χ1) is 12.8. The Morgan fingerprint density at radius 1 is 0.815 bits per heavy atom. The zero-order valence-electron chi connectivity index (χ0n) is 17.3. The molecule has 2 unspecified atom stereocenters. The van der Waals surface area contributed by atoms with E-state index in [2.05, 4.69) is 96.1 Å². The molecule has 0 nitrogen and oxygen atoms in total. The van der Waals surface area contributed by atoms with Crippen molar-refractivity contribution in [1.29, 1.82) is 0 Å². The number of rotatable bonds is 3. The Hall–Kier alpha value is -1.91. The van der Waals surface area contributed by atoms with Crippen LogP contribution in [0, 0.1) is 12.3 Å². The summed E-state index contributed by atoms with van der Waals surface area (Å²) in [5.74, 6) is 0.404. The van der Waals surface area contributed by atoms with Crippen LogP contribution in [0.5, 0.6) is 0 Å². The van der Waals surface area contributed by atoms with E-state index in [1.54, 1.807) is 10.9 Å². The van der Waals surface area contributed by atoms with Crippen molar-refractivity contribution in [3.63, 3.8) is 0 Å². The minimum absolute atomic E-state index is 0.117. The molecule has 0 amide bonds. The largest absolute Gasteiger partial charge is 0.0622 e. The maximum absolute atomic E-state index is 2.46. The van der Waals surface area contributed by atoms with Crippen molar-refractivity contribution >= 4 is 20.0 Å². The van der Waals surface area contributed by atoms with E-state index in [0.29, 0.717) is 5.92 Å². The molecule has 2 aromatic carbocycles. The predicted octanol–water partition coefficient (Wildman–Crippen LogP) is 7.13. The molecule has 2 aliphatic carbocycles. The molecule has 0 radical (unpaired) electrons. The zero-order valence-corrected chi connectivity index (χ0v) is 18.3. The van der Waals surface area contributed by atoms with Gasteiger partial charge in [-0.1, -0.05) is 76.5 Å². The van der Waals surface area contributed by atoms with Gasteiger partial charge in [0.25, 0.3) is 0 Å². The van der Waals surface area contributed by atoms with E-state index in [1.807, 2.05) is 0 Å². The van der Waals surface area contributed by atoms with E-state index in [4.69, 9.17) is 0 Å². The summed E-state index contributed by atoms with van der Waals surface area (Å²) in [6.45, 7) is 14.0. The van der Waals surface area contributed by atoms with Crippen molar-refractivity contribution in [1.82, 2.24) is 0 Å². The zero-order chi connectivity index (χ0) is 19.3. The second-order valence-corrected chi connectivity index (χ2v) is 9.88. The van der Waals surface area contributed by atoms with Gasteiger partial charge in [-0.3, -0.25) is 0 Å². The Bertz CT molecular complexity index is 1010. The van der Waals surface area contributed by atoms with E-state index in [-0.39, 0.29) is 5.41 Å². The van der Waals surface area contributed by atoms with Gasteiger partial charge in [0.2, 0.25) is 0 Å². The molecule has 0 saturated carbocycles. The van der Waals surface area contributed by atoms with E-state index < -0.39 is 0 Å². The lowest BCUT2D eigenvalue weighted by Gasteiger charge is -2.32. The summed E-state index contributed by atoms with van der Waals surface area (Å²) in [5, 5.41) is 3.03. The number of hydrogen-bond donors (Lipinski definition) is 0. The molecule has 0 aliphatic heterocycles. The molecule has 0 heterocycles. The average molecular weight is 372 g/mol. The fourth-order valence-electron chi connectivity index (χ4n) is 4.81. The topological polar surface area (TPSA) is 0 Å². The van der Waals surface area contributed by atoms with Crippen LogP contribution in [0.25, 0.3) is 6.08 Å². The monoisotopic (exact) mass is 372 g/mol. The van der Waals surface area contributed by atoms with Gasteiger partial charge in [0.05, 0.1) is 0 Å². The highest BCUT2D eigenvalue weighted by molar-refractivity contribution is 7.52. The Morgan fingerprint density at radius 3 is 2.15 bits per heavy atom.